The van der Waals surface area contributed by atoms with Gasteiger partial charge in [0.25, 0.3) is 0 Å². The SMILES string of the molecule is CN(C)CCn1c(Cc2ccc(Cl)cc2)nc2cccnc21. The molecule has 0 aliphatic carbocycles. The summed E-state index contributed by atoms with van der Waals surface area (Å²) in [6.45, 7) is 1.83. The second-order valence-electron chi connectivity index (χ2n) is 5.63. The Balaban J connectivity index is 1.96. The van der Waals surface area contributed by atoms with Gasteiger partial charge in [-0.3, -0.25) is 0 Å². The number of benzene rings is 1. The van der Waals surface area contributed by atoms with Crippen molar-refractivity contribution < 1.29 is 0 Å². The Morgan fingerprint density at radius 2 is 1.91 bits per heavy atom. The van der Waals surface area contributed by atoms with E-state index in [0.29, 0.717) is 0 Å². The third-order valence-electron chi connectivity index (χ3n) is 3.63. The van der Waals surface area contributed by atoms with Crippen LogP contribution in [0.4, 0.5) is 0 Å². The molecule has 114 valence electrons. The van der Waals surface area contributed by atoms with Crippen LogP contribution in [0, 0.1) is 0 Å². The van der Waals surface area contributed by atoms with Crippen LogP contribution in [-0.2, 0) is 13.0 Å². The molecule has 22 heavy (non-hydrogen) atoms. The fourth-order valence-corrected chi connectivity index (χ4v) is 2.59. The molecule has 0 saturated heterocycles. The molecule has 0 radical (unpaired) electrons. The first kappa shape index (κ1) is 15.0. The molecular formula is C17H19ClN4. The molecule has 2 aromatic heterocycles. The molecule has 0 spiro atoms. The predicted molar refractivity (Wildman–Crippen MR) is 90.3 cm³/mol. The van der Waals surface area contributed by atoms with E-state index in [4.69, 9.17) is 16.6 Å². The first-order valence-corrected chi connectivity index (χ1v) is 7.70. The minimum Gasteiger partial charge on any atom is -0.311 e. The summed E-state index contributed by atoms with van der Waals surface area (Å²) in [5.74, 6) is 1.04. The molecule has 0 unspecified atom stereocenters. The van der Waals surface area contributed by atoms with E-state index in [1.807, 2.05) is 42.6 Å². The summed E-state index contributed by atoms with van der Waals surface area (Å²) in [6, 6.07) is 11.9. The van der Waals surface area contributed by atoms with E-state index < -0.39 is 0 Å². The highest BCUT2D eigenvalue weighted by molar-refractivity contribution is 6.30. The number of imidazole rings is 1. The number of likely N-dealkylation sites (N-methyl/N-ethyl adjacent to an activating group) is 1. The van der Waals surface area contributed by atoms with Gasteiger partial charge in [-0.15, -0.1) is 0 Å². The number of rotatable bonds is 5. The van der Waals surface area contributed by atoms with Crippen LogP contribution in [-0.4, -0.2) is 40.1 Å². The van der Waals surface area contributed by atoms with Gasteiger partial charge in [0.05, 0.1) is 0 Å². The van der Waals surface area contributed by atoms with E-state index in [-0.39, 0.29) is 0 Å². The van der Waals surface area contributed by atoms with Gasteiger partial charge in [-0.1, -0.05) is 23.7 Å². The molecule has 0 aliphatic heterocycles. The molecule has 0 saturated carbocycles. The number of aromatic nitrogens is 3. The molecule has 3 aromatic rings. The lowest BCUT2D eigenvalue weighted by Crippen LogP contribution is -2.19. The second kappa shape index (κ2) is 6.46. The number of pyridine rings is 1. The van der Waals surface area contributed by atoms with Crippen LogP contribution < -0.4 is 0 Å². The summed E-state index contributed by atoms with van der Waals surface area (Å²) < 4.78 is 2.21. The number of hydrogen-bond acceptors (Lipinski definition) is 3. The summed E-state index contributed by atoms with van der Waals surface area (Å²) in [6.07, 6.45) is 2.60. The first-order chi connectivity index (χ1) is 10.6. The Bertz CT molecular complexity index is 762. The molecule has 0 amide bonds. The molecule has 0 bridgehead atoms. The van der Waals surface area contributed by atoms with Gasteiger partial charge < -0.3 is 9.47 Å². The third-order valence-corrected chi connectivity index (χ3v) is 3.88. The van der Waals surface area contributed by atoms with Crippen molar-refractivity contribution in [3.63, 3.8) is 0 Å². The summed E-state index contributed by atoms with van der Waals surface area (Å²) in [5.41, 5.74) is 3.10. The zero-order valence-corrected chi connectivity index (χ0v) is 13.6. The molecule has 3 rings (SSSR count). The lowest BCUT2D eigenvalue weighted by molar-refractivity contribution is 0.383. The van der Waals surface area contributed by atoms with Crippen LogP contribution in [0.5, 0.6) is 0 Å². The van der Waals surface area contributed by atoms with E-state index in [1.165, 1.54) is 5.56 Å². The Kier molecular flexibility index (Phi) is 4.41. The van der Waals surface area contributed by atoms with Gasteiger partial charge in [0.2, 0.25) is 0 Å². The lowest BCUT2D eigenvalue weighted by atomic mass is 10.1. The van der Waals surface area contributed by atoms with Gasteiger partial charge in [0.15, 0.2) is 5.65 Å². The van der Waals surface area contributed by atoms with E-state index in [2.05, 4.69) is 28.5 Å². The first-order valence-electron chi connectivity index (χ1n) is 7.33. The maximum Gasteiger partial charge on any atom is 0.160 e. The van der Waals surface area contributed by atoms with Gasteiger partial charge in [-0.25, -0.2) is 9.97 Å². The van der Waals surface area contributed by atoms with Crippen molar-refractivity contribution in [3.8, 4) is 0 Å². The maximum absolute atomic E-state index is 5.96. The highest BCUT2D eigenvalue weighted by Crippen LogP contribution is 2.18. The van der Waals surface area contributed by atoms with Crippen LogP contribution in [0.25, 0.3) is 11.2 Å². The highest BCUT2D eigenvalue weighted by Gasteiger charge is 2.12. The Morgan fingerprint density at radius 1 is 1.14 bits per heavy atom. The van der Waals surface area contributed by atoms with Crippen molar-refractivity contribution in [2.75, 3.05) is 20.6 Å². The topological polar surface area (TPSA) is 34.0 Å². The molecule has 0 atom stereocenters. The van der Waals surface area contributed by atoms with Crippen LogP contribution in [0.15, 0.2) is 42.6 Å². The molecular weight excluding hydrogens is 296 g/mol. The Hall–Kier alpha value is -1.91. The number of hydrogen-bond donors (Lipinski definition) is 0. The van der Waals surface area contributed by atoms with Crippen LogP contribution in [0.1, 0.15) is 11.4 Å². The van der Waals surface area contributed by atoms with Crippen molar-refractivity contribution in [1.29, 1.82) is 0 Å². The van der Waals surface area contributed by atoms with Gasteiger partial charge in [0, 0.05) is 30.7 Å². The summed E-state index contributed by atoms with van der Waals surface area (Å²) in [5, 5.41) is 0.756. The average molecular weight is 315 g/mol. The van der Waals surface area contributed by atoms with Crippen molar-refractivity contribution in [3.05, 3.63) is 59.0 Å². The maximum atomic E-state index is 5.96. The molecule has 2 heterocycles. The average Bonchev–Trinajstić information content (AvgIpc) is 2.85. The Labute approximate surface area is 135 Å². The smallest absolute Gasteiger partial charge is 0.160 e. The zero-order chi connectivity index (χ0) is 15.5. The van der Waals surface area contributed by atoms with Crippen molar-refractivity contribution in [2.45, 2.75) is 13.0 Å². The van der Waals surface area contributed by atoms with E-state index >= 15 is 0 Å². The monoisotopic (exact) mass is 314 g/mol. The summed E-state index contributed by atoms with van der Waals surface area (Å²) in [7, 11) is 4.15. The number of fused-ring (bicyclic) bond motifs is 1. The van der Waals surface area contributed by atoms with E-state index in [0.717, 1.165) is 41.5 Å². The molecule has 5 heteroatoms. The Morgan fingerprint density at radius 3 is 2.64 bits per heavy atom. The summed E-state index contributed by atoms with van der Waals surface area (Å²) in [4.78, 5) is 11.4. The molecule has 1 aromatic carbocycles. The van der Waals surface area contributed by atoms with Crippen LogP contribution in [0.2, 0.25) is 5.02 Å². The van der Waals surface area contributed by atoms with Crippen molar-refractivity contribution >= 4 is 22.8 Å². The zero-order valence-electron chi connectivity index (χ0n) is 12.8. The van der Waals surface area contributed by atoms with Gasteiger partial charge in [-0.05, 0) is 43.9 Å². The largest absolute Gasteiger partial charge is 0.311 e. The number of halogens is 1. The molecule has 4 nitrogen and oxygen atoms in total. The standard InChI is InChI=1S/C17H19ClN4/c1-21(2)10-11-22-16(12-13-5-7-14(18)8-6-13)20-15-4-3-9-19-17(15)22/h3-9H,10-12H2,1-2H3. The second-order valence-corrected chi connectivity index (χ2v) is 6.07. The van der Waals surface area contributed by atoms with Gasteiger partial charge in [0.1, 0.15) is 11.3 Å². The predicted octanol–water partition coefficient (Wildman–Crippen LogP) is 3.24. The quantitative estimate of drug-likeness (QED) is 0.725. The van der Waals surface area contributed by atoms with E-state index in [9.17, 15) is 0 Å². The number of nitrogens with zero attached hydrogens (tertiary/aromatic N) is 4. The van der Waals surface area contributed by atoms with Gasteiger partial charge in [-0.2, -0.15) is 0 Å². The van der Waals surface area contributed by atoms with E-state index in [1.54, 1.807) is 0 Å². The van der Waals surface area contributed by atoms with Gasteiger partial charge >= 0.3 is 0 Å². The van der Waals surface area contributed by atoms with Crippen LogP contribution in [0.3, 0.4) is 0 Å². The highest BCUT2D eigenvalue weighted by atomic mass is 35.5. The summed E-state index contributed by atoms with van der Waals surface area (Å²) >= 11 is 5.96. The third kappa shape index (κ3) is 3.29. The fraction of sp³-hybridized carbons (Fsp3) is 0.294. The molecule has 0 N–H and O–H groups in total. The minimum absolute atomic E-state index is 0.756. The molecule has 0 fully saturated rings. The normalized spacial score (nSPS) is 11.5. The van der Waals surface area contributed by atoms with Crippen LogP contribution >= 0.6 is 11.6 Å². The van der Waals surface area contributed by atoms with Crippen molar-refractivity contribution in [1.82, 2.24) is 19.4 Å². The molecule has 0 aliphatic rings. The lowest BCUT2D eigenvalue weighted by Gasteiger charge is -2.13. The fourth-order valence-electron chi connectivity index (χ4n) is 2.46. The minimum atomic E-state index is 0.756. The van der Waals surface area contributed by atoms with Crippen molar-refractivity contribution in [2.24, 2.45) is 0 Å².